The van der Waals surface area contributed by atoms with Gasteiger partial charge in [-0.05, 0) is 31.4 Å². The lowest BCUT2D eigenvalue weighted by molar-refractivity contribution is 0.0617. The molecule has 0 aliphatic carbocycles. The second-order valence-electron chi connectivity index (χ2n) is 4.25. The van der Waals surface area contributed by atoms with Crippen molar-refractivity contribution in [2.24, 2.45) is 5.73 Å². The molecule has 0 aromatic carbocycles. The van der Waals surface area contributed by atoms with E-state index in [2.05, 4.69) is 4.98 Å². The molecule has 17 heavy (non-hydrogen) atoms. The number of rotatable bonds is 2. The van der Waals surface area contributed by atoms with Crippen LogP contribution >= 0.6 is 11.6 Å². The molecule has 0 saturated carbocycles. The van der Waals surface area contributed by atoms with Crippen molar-refractivity contribution in [2.75, 3.05) is 13.1 Å². The molecule has 1 aromatic heterocycles. The van der Waals surface area contributed by atoms with E-state index in [-0.39, 0.29) is 11.9 Å². The number of pyridine rings is 1. The van der Waals surface area contributed by atoms with Crippen LogP contribution in [-0.2, 0) is 0 Å². The van der Waals surface area contributed by atoms with E-state index >= 15 is 0 Å². The third kappa shape index (κ3) is 2.76. The topological polar surface area (TPSA) is 59.2 Å². The van der Waals surface area contributed by atoms with Gasteiger partial charge in [0.05, 0.1) is 5.02 Å². The molecule has 1 aromatic rings. The van der Waals surface area contributed by atoms with Crippen LogP contribution in [0.4, 0.5) is 0 Å². The number of likely N-dealkylation sites (tertiary alicyclic amines) is 1. The van der Waals surface area contributed by atoms with E-state index in [1.165, 1.54) is 6.20 Å². The molecule has 0 spiro atoms. The third-order valence-corrected chi connectivity index (χ3v) is 3.33. The smallest absolute Gasteiger partial charge is 0.272 e. The summed E-state index contributed by atoms with van der Waals surface area (Å²) in [7, 11) is 0. The van der Waals surface area contributed by atoms with Gasteiger partial charge in [-0.15, -0.1) is 0 Å². The SMILES string of the molecule is NCC1CCCCN1C(=O)c1ccc(Cl)cn1. The van der Waals surface area contributed by atoms with Gasteiger partial charge in [-0.2, -0.15) is 0 Å². The minimum absolute atomic E-state index is 0.0446. The van der Waals surface area contributed by atoms with Crippen molar-refractivity contribution in [3.05, 3.63) is 29.0 Å². The summed E-state index contributed by atoms with van der Waals surface area (Å²) in [6, 6.07) is 3.49. The molecule has 2 rings (SSSR count). The van der Waals surface area contributed by atoms with Crippen LogP contribution in [0, 0.1) is 0 Å². The largest absolute Gasteiger partial charge is 0.333 e. The van der Waals surface area contributed by atoms with Gasteiger partial charge in [0.2, 0.25) is 0 Å². The number of halogens is 1. The first-order valence-electron chi connectivity index (χ1n) is 5.85. The molecule has 92 valence electrons. The van der Waals surface area contributed by atoms with E-state index in [9.17, 15) is 4.79 Å². The van der Waals surface area contributed by atoms with Crippen molar-refractivity contribution >= 4 is 17.5 Å². The molecule has 4 nitrogen and oxygen atoms in total. The Kier molecular flexibility index (Phi) is 3.97. The number of piperidine rings is 1. The van der Waals surface area contributed by atoms with Crippen molar-refractivity contribution in [3.8, 4) is 0 Å². The summed E-state index contributed by atoms with van der Waals surface area (Å²) in [5.41, 5.74) is 6.14. The highest BCUT2D eigenvalue weighted by atomic mass is 35.5. The lowest BCUT2D eigenvalue weighted by Crippen LogP contribution is -2.47. The highest BCUT2D eigenvalue weighted by molar-refractivity contribution is 6.30. The average molecular weight is 254 g/mol. The Bertz CT molecular complexity index is 393. The first kappa shape index (κ1) is 12.3. The van der Waals surface area contributed by atoms with Gasteiger partial charge in [0.25, 0.3) is 5.91 Å². The Balaban J connectivity index is 2.15. The maximum Gasteiger partial charge on any atom is 0.272 e. The molecule has 1 unspecified atom stereocenters. The molecule has 1 fully saturated rings. The van der Waals surface area contributed by atoms with Crippen LogP contribution in [0.15, 0.2) is 18.3 Å². The zero-order valence-corrected chi connectivity index (χ0v) is 10.4. The molecule has 0 bridgehead atoms. The molecule has 1 aliphatic heterocycles. The second kappa shape index (κ2) is 5.47. The van der Waals surface area contributed by atoms with E-state index < -0.39 is 0 Å². The molecule has 2 heterocycles. The van der Waals surface area contributed by atoms with Crippen molar-refractivity contribution in [1.82, 2.24) is 9.88 Å². The van der Waals surface area contributed by atoms with E-state index in [1.807, 2.05) is 4.90 Å². The summed E-state index contributed by atoms with van der Waals surface area (Å²) in [5, 5.41) is 0.538. The highest BCUT2D eigenvalue weighted by Crippen LogP contribution is 2.18. The van der Waals surface area contributed by atoms with Crippen LogP contribution in [0.25, 0.3) is 0 Å². The molecule has 1 aliphatic rings. The summed E-state index contributed by atoms with van der Waals surface area (Å²) in [5.74, 6) is -0.0446. The molecular weight excluding hydrogens is 238 g/mol. The minimum atomic E-state index is -0.0446. The number of carbonyl (C=O) groups is 1. The number of carbonyl (C=O) groups excluding carboxylic acids is 1. The highest BCUT2D eigenvalue weighted by Gasteiger charge is 2.26. The lowest BCUT2D eigenvalue weighted by Gasteiger charge is -2.34. The molecule has 1 amide bonds. The first-order valence-corrected chi connectivity index (χ1v) is 6.23. The van der Waals surface area contributed by atoms with Gasteiger partial charge in [-0.3, -0.25) is 4.79 Å². The summed E-state index contributed by atoms with van der Waals surface area (Å²) >= 11 is 5.75. The van der Waals surface area contributed by atoms with Gasteiger partial charge in [-0.25, -0.2) is 4.98 Å². The predicted octanol–water partition coefficient (Wildman–Crippen LogP) is 1.69. The van der Waals surface area contributed by atoms with Gasteiger partial charge in [0.15, 0.2) is 0 Å². The number of nitrogens with two attached hydrogens (primary N) is 1. The summed E-state index contributed by atoms with van der Waals surface area (Å²) in [6.45, 7) is 1.28. The zero-order chi connectivity index (χ0) is 12.3. The average Bonchev–Trinajstić information content (AvgIpc) is 2.39. The van der Waals surface area contributed by atoms with E-state index in [0.29, 0.717) is 17.3 Å². The molecule has 1 atom stereocenters. The first-order chi connectivity index (χ1) is 8.22. The summed E-state index contributed by atoms with van der Waals surface area (Å²) in [4.78, 5) is 18.1. The van der Waals surface area contributed by atoms with Crippen molar-refractivity contribution in [3.63, 3.8) is 0 Å². The predicted molar refractivity (Wildman–Crippen MR) is 67.0 cm³/mol. The van der Waals surface area contributed by atoms with Crippen LogP contribution in [0.1, 0.15) is 29.8 Å². The van der Waals surface area contributed by atoms with E-state index in [0.717, 1.165) is 25.8 Å². The Morgan fingerprint density at radius 1 is 1.53 bits per heavy atom. The fourth-order valence-corrected chi connectivity index (χ4v) is 2.27. The van der Waals surface area contributed by atoms with Crippen molar-refractivity contribution in [2.45, 2.75) is 25.3 Å². The molecule has 0 radical (unpaired) electrons. The number of amides is 1. The number of hydrogen-bond acceptors (Lipinski definition) is 3. The van der Waals surface area contributed by atoms with Gasteiger partial charge in [0, 0.05) is 25.3 Å². The van der Waals surface area contributed by atoms with Gasteiger partial charge in [0.1, 0.15) is 5.69 Å². The standard InChI is InChI=1S/C12H16ClN3O/c13-9-4-5-11(15-8-9)12(17)16-6-2-1-3-10(16)7-14/h4-5,8,10H,1-3,6-7,14H2. The third-order valence-electron chi connectivity index (χ3n) is 3.11. The number of hydrogen-bond donors (Lipinski definition) is 1. The van der Waals surface area contributed by atoms with Crippen LogP contribution < -0.4 is 5.73 Å². The van der Waals surface area contributed by atoms with Crippen LogP contribution in [0.5, 0.6) is 0 Å². The molecular formula is C12H16ClN3O. The minimum Gasteiger partial charge on any atom is -0.333 e. The van der Waals surface area contributed by atoms with Crippen molar-refractivity contribution < 1.29 is 4.79 Å². The van der Waals surface area contributed by atoms with E-state index in [4.69, 9.17) is 17.3 Å². The van der Waals surface area contributed by atoms with Crippen molar-refractivity contribution in [1.29, 1.82) is 0 Å². The van der Waals surface area contributed by atoms with Crippen LogP contribution in [0.3, 0.4) is 0 Å². The van der Waals surface area contributed by atoms with Gasteiger partial charge >= 0.3 is 0 Å². The number of nitrogens with zero attached hydrogens (tertiary/aromatic N) is 2. The fraction of sp³-hybridized carbons (Fsp3) is 0.500. The Morgan fingerprint density at radius 3 is 3.00 bits per heavy atom. The Morgan fingerprint density at radius 2 is 2.35 bits per heavy atom. The molecule has 5 heteroatoms. The molecule has 2 N–H and O–H groups in total. The monoisotopic (exact) mass is 253 g/mol. The normalized spacial score (nSPS) is 20.4. The fourth-order valence-electron chi connectivity index (χ4n) is 2.16. The Labute approximate surface area is 106 Å². The van der Waals surface area contributed by atoms with Gasteiger partial charge in [-0.1, -0.05) is 11.6 Å². The molecule has 1 saturated heterocycles. The summed E-state index contributed by atoms with van der Waals surface area (Å²) < 4.78 is 0. The second-order valence-corrected chi connectivity index (χ2v) is 4.68. The quantitative estimate of drug-likeness (QED) is 0.873. The number of aromatic nitrogens is 1. The Hall–Kier alpha value is -1.13. The zero-order valence-electron chi connectivity index (χ0n) is 9.60. The van der Waals surface area contributed by atoms with Crippen LogP contribution in [0.2, 0.25) is 5.02 Å². The summed E-state index contributed by atoms with van der Waals surface area (Å²) in [6.07, 6.45) is 4.65. The van der Waals surface area contributed by atoms with E-state index in [1.54, 1.807) is 12.1 Å². The van der Waals surface area contributed by atoms with Gasteiger partial charge < -0.3 is 10.6 Å². The van der Waals surface area contributed by atoms with Crippen LogP contribution in [-0.4, -0.2) is 34.9 Å². The maximum atomic E-state index is 12.2. The lowest BCUT2D eigenvalue weighted by atomic mass is 10.0. The maximum absolute atomic E-state index is 12.2.